The number of aliphatic hydroxyl groups excluding tert-OH is 1. The molecule has 1 unspecified atom stereocenters. The topological polar surface area (TPSA) is 57.4 Å². The SMILES string of the molecule is CC1CN(c2nc3ccccc3n2CCO)CCN1c1ccc(F)cn1. The Morgan fingerprint density at radius 2 is 2.04 bits per heavy atom. The summed E-state index contributed by atoms with van der Waals surface area (Å²) in [5.41, 5.74) is 1.97. The van der Waals surface area contributed by atoms with Gasteiger partial charge in [-0.1, -0.05) is 12.1 Å². The van der Waals surface area contributed by atoms with Crippen molar-refractivity contribution < 1.29 is 9.50 Å². The third-order valence-corrected chi connectivity index (χ3v) is 4.87. The first-order chi connectivity index (χ1) is 12.7. The molecule has 1 atom stereocenters. The molecule has 3 aromatic rings. The number of nitrogens with zero attached hydrogens (tertiary/aromatic N) is 5. The summed E-state index contributed by atoms with van der Waals surface area (Å²) >= 11 is 0. The van der Waals surface area contributed by atoms with E-state index in [1.54, 1.807) is 6.07 Å². The van der Waals surface area contributed by atoms with E-state index in [9.17, 15) is 9.50 Å². The molecule has 0 saturated carbocycles. The van der Waals surface area contributed by atoms with Gasteiger partial charge < -0.3 is 19.5 Å². The molecule has 3 heterocycles. The van der Waals surface area contributed by atoms with Crippen molar-refractivity contribution >= 4 is 22.8 Å². The minimum Gasteiger partial charge on any atom is -0.395 e. The number of pyridine rings is 1. The molecule has 6 nitrogen and oxygen atoms in total. The average molecular weight is 355 g/mol. The Bertz CT molecular complexity index is 895. The number of rotatable bonds is 4. The normalized spacial score (nSPS) is 17.9. The van der Waals surface area contributed by atoms with Crippen molar-refractivity contribution in [3.05, 3.63) is 48.4 Å². The fourth-order valence-corrected chi connectivity index (χ4v) is 3.64. The van der Waals surface area contributed by atoms with Crippen LogP contribution >= 0.6 is 0 Å². The highest BCUT2D eigenvalue weighted by atomic mass is 19.1. The summed E-state index contributed by atoms with van der Waals surface area (Å²) in [6.07, 6.45) is 1.26. The predicted octanol–water partition coefficient (Wildman–Crippen LogP) is 2.28. The van der Waals surface area contributed by atoms with Crippen LogP contribution in [0.1, 0.15) is 6.92 Å². The molecule has 2 aromatic heterocycles. The van der Waals surface area contributed by atoms with Crippen molar-refractivity contribution in [2.45, 2.75) is 19.5 Å². The van der Waals surface area contributed by atoms with Crippen molar-refractivity contribution in [3.63, 3.8) is 0 Å². The van der Waals surface area contributed by atoms with E-state index in [0.717, 1.165) is 42.4 Å². The maximum atomic E-state index is 13.1. The number of halogens is 1. The van der Waals surface area contributed by atoms with Gasteiger partial charge in [0, 0.05) is 32.2 Å². The molecule has 1 aromatic carbocycles. The Morgan fingerprint density at radius 3 is 2.77 bits per heavy atom. The predicted molar refractivity (Wildman–Crippen MR) is 100 cm³/mol. The number of fused-ring (bicyclic) bond motifs is 1. The zero-order chi connectivity index (χ0) is 18.1. The number of hydrogen-bond acceptors (Lipinski definition) is 5. The molecule has 7 heteroatoms. The molecule has 1 aliphatic heterocycles. The van der Waals surface area contributed by atoms with Crippen LogP contribution in [0.4, 0.5) is 16.2 Å². The number of benzene rings is 1. The molecule has 0 amide bonds. The molecule has 0 bridgehead atoms. The van der Waals surface area contributed by atoms with Gasteiger partial charge in [-0.15, -0.1) is 0 Å². The first kappa shape index (κ1) is 16.8. The number of aliphatic hydroxyl groups is 1. The van der Waals surface area contributed by atoms with Gasteiger partial charge in [0.2, 0.25) is 5.95 Å². The highest BCUT2D eigenvalue weighted by Gasteiger charge is 2.27. The number of piperazine rings is 1. The fraction of sp³-hybridized carbons (Fsp3) is 0.368. The highest BCUT2D eigenvalue weighted by Crippen LogP contribution is 2.26. The lowest BCUT2D eigenvalue weighted by Gasteiger charge is -2.41. The van der Waals surface area contributed by atoms with E-state index in [4.69, 9.17) is 4.98 Å². The molecule has 1 fully saturated rings. The monoisotopic (exact) mass is 355 g/mol. The third kappa shape index (κ3) is 2.99. The lowest BCUT2D eigenvalue weighted by molar-refractivity contribution is 0.278. The van der Waals surface area contributed by atoms with Crippen molar-refractivity contribution in [1.29, 1.82) is 0 Å². The second-order valence-electron chi connectivity index (χ2n) is 6.60. The van der Waals surface area contributed by atoms with Gasteiger partial charge >= 0.3 is 0 Å². The van der Waals surface area contributed by atoms with Crippen molar-refractivity contribution in [2.24, 2.45) is 0 Å². The lowest BCUT2D eigenvalue weighted by atomic mass is 10.2. The lowest BCUT2D eigenvalue weighted by Crippen LogP contribution is -2.53. The standard InChI is InChI=1S/C19H22FN5O/c1-14-13-23(8-9-24(14)18-7-6-15(20)12-21-18)19-22-16-4-2-3-5-17(16)25(19)10-11-26/h2-7,12,14,26H,8-11,13H2,1H3. The summed E-state index contributed by atoms with van der Waals surface area (Å²) in [5.74, 6) is 1.36. The maximum absolute atomic E-state index is 13.1. The first-order valence-corrected chi connectivity index (χ1v) is 8.86. The summed E-state index contributed by atoms with van der Waals surface area (Å²) in [7, 11) is 0. The Hall–Kier alpha value is -2.67. The Balaban J connectivity index is 1.60. The molecule has 4 rings (SSSR count). The van der Waals surface area contributed by atoms with Crippen LogP contribution in [0.2, 0.25) is 0 Å². The average Bonchev–Trinajstić information content (AvgIpc) is 3.02. The number of aromatic nitrogens is 3. The third-order valence-electron chi connectivity index (χ3n) is 4.87. The number of para-hydroxylation sites is 2. The summed E-state index contributed by atoms with van der Waals surface area (Å²) in [6, 6.07) is 11.4. The Morgan fingerprint density at radius 1 is 1.19 bits per heavy atom. The molecule has 1 aliphatic rings. The molecule has 1 N–H and O–H groups in total. The van der Waals surface area contributed by atoms with Crippen molar-refractivity contribution in [1.82, 2.24) is 14.5 Å². The zero-order valence-electron chi connectivity index (χ0n) is 14.7. The Kier molecular flexibility index (Phi) is 4.46. The fourth-order valence-electron chi connectivity index (χ4n) is 3.64. The summed E-state index contributed by atoms with van der Waals surface area (Å²) in [6.45, 7) is 5.08. The van der Waals surface area contributed by atoms with E-state index < -0.39 is 0 Å². The van der Waals surface area contributed by atoms with Gasteiger partial charge in [0.15, 0.2) is 0 Å². The molecule has 0 spiro atoms. The molecule has 0 aliphatic carbocycles. The van der Waals surface area contributed by atoms with Crippen LogP contribution in [0.3, 0.4) is 0 Å². The van der Waals surface area contributed by atoms with Crippen molar-refractivity contribution in [2.75, 3.05) is 36.0 Å². The first-order valence-electron chi connectivity index (χ1n) is 8.86. The smallest absolute Gasteiger partial charge is 0.206 e. The Labute approximate surface area is 151 Å². The highest BCUT2D eigenvalue weighted by molar-refractivity contribution is 5.79. The zero-order valence-corrected chi connectivity index (χ0v) is 14.7. The van der Waals surface area contributed by atoms with E-state index in [0.29, 0.717) is 6.54 Å². The summed E-state index contributed by atoms with van der Waals surface area (Å²) in [4.78, 5) is 13.4. The van der Waals surface area contributed by atoms with E-state index >= 15 is 0 Å². The molecular weight excluding hydrogens is 333 g/mol. The van der Waals surface area contributed by atoms with Gasteiger partial charge in [0.1, 0.15) is 11.6 Å². The number of hydrogen-bond donors (Lipinski definition) is 1. The second kappa shape index (κ2) is 6.92. The van der Waals surface area contributed by atoms with Crippen LogP contribution in [-0.4, -0.2) is 51.9 Å². The van der Waals surface area contributed by atoms with E-state index in [1.807, 2.05) is 24.3 Å². The van der Waals surface area contributed by atoms with Gasteiger partial charge in [-0.25, -0.2) is 14.4 Å². The second-order valence-corrected chi connectivity index (χ2v) is 6.60. The maximum Gasteiger partial charge on any atom is 0.206 e. The number of anilines is 2. The van der Waals surface area contributed by atoms with Gasteiger partial charge in [-0.2, -0.15) is 0 Å². The van der Waals surface area contributed by atoms with E-state index in [2.05, 4.69) is 26.3 Å². The molecule has 26 heavy (non-hydrogen) atoms. The largest absolute Gasteiger partial charge is 0.395 e. The van der Waals surface area contributed by atoms with Crippen LogP contribution in [0.5, 0.6) is 0 Å². The summed E-state index contributed by atoms with van der Waals surface area (Å²) in [5, 5.41) is 9.47. The number of imidazole rings is 1. The van der Waals surface area contributed by atoms with E-state index in [-0.39, 0.29) is 18.5 Å². The van der Waals surface area contributed by atoms with Gasteiger partial charge in [-0.3, -0.25) is 0 Å². The van der Waals surface area contributed by atoms with Crippen molar-refractivity contribution in [3.8, 4) is 0 Å². The van der Waals surface area contributed by atoms with Crippen LogP contribution < -0.4 is 9.80 Å². The minimum atomic E-state index is -0.322. The van der Waals surface area contributed by atoms with Gasteiger partial charge in [-0.05, 0) is 31.2 Å². The minimum absolute atomic E-state index is 0.0718. The van der Waals surface area contributed by atoms with Crippen LogP contribution in [0.15, 0.2) is 42.6 Å². The summed E-state index contributed by atoms with van der Waals surface area (Å²) < 4.78 is 15.2. The van der Waals surface area contributed by atoms with Gasteiger partial charge in [0.25, 0.3) is 0 Å². The quantitative estimate of drug-likeness (QED) is 0.778. The molecular formula is C19H22FN5O. The molecule has 1 saturated heterocycles. The van der Waals surface area contributed by atoms with Crippen LogP contribution in [-0.2, 0) is 6.54 Å². The van der Waals surface area contributed by atoms with Crippen LogP contribution in [0.25, 0.3) is 11.0 Å². The van der Waals surface area contributed by atoms with Gasteiger partial charge in [0.05, 0.1) is 23.8 Å². The van der Waals surface area contributed by atoms with Crippen LogP contribution in [0, 0.1) is 5.82 Å². The molecule has 136 valence electrons. The molecule has 0 radical (unpaired) electrons. The van der Waals surface area contributed by atoms with E-state index in [1.165, 1.54) is 12.3 Å².